The molecule has 2 fully saturated rings. The molecule has 1 amide bonds. The number of carbonyl (C=O) groups excluding carboxylic acids is 1. The summed E-state index contributed by atoms with van der Waals surface area (Å²) in [7, 11) is 0. The van der Waals surface area contributed by atoms with Crippen molar-refractivity contribution in [2.45, 2.75) is 37.6 Å². The summed E-state index contributed by atoms with van der Waals surface area (Å²) in [4.78, 5) is 22.5. The molecule has 2 aliphatic rings. The lowest BCUT2D eigenvalue weighted by Crippen LogP contribution is -2.46. The highest BCUT2D eigenvalue weighted by Gasteiger charge is 2.36. The van der Waals surface area contributed by atoms with Crippen molar-refractivity contribution in [1.82, 2.24) is 19.9 Å². The Balaban J connectivity index is 1.34. The molecule has 2 aromatic carbocycles. The Bertz CT molecular complexity index is 1050. The largest absolute Gasteiger partial charge is 0.340 e. The van der Waals surface area contributed by atoms with Gasteiger partial charge in [0, 0.05) is 18.7 Å². The molecule has 2 saturated heterocycles. The van der Waals surface area contributed by atoms with Gasteiger partial charge < -0.3 is 9.42 Å². The Kier molecular flexibility index (Phi) is 5.99. The molecule has 5 rings (SSSR count). The molecule has 0 aliphatic carbocycles. The average Bonchev–Trinajstić information content (AvgIpc) is 3.53. The summed E-state index contributed by atoms with van der Waals surface area (Å²) in [5.41, 5.74) is 1.77. The number of amides is 1. The zero-order valence-electron chi connectivity index (χ0n) is 18.0. The van der Waals surface area contributed by atoms with E-state index in [2.05, 4.69) is 27.2 Å². The van der Waals surface area contributed by atoms with Gasteiger partial charge in [-0.1, -0.05) is 35.5 Å². The van der Waals surface area contributed by atoms with Gasteiger partial charge in [-0.05, 0) is 68.6 Å². The Morgan fingerprint density at radius 3 is 2.50 bits per heavy atom. The van der Waals surface area contributed by atoms with E-state index < -0.39 is 0 Å². The van der Waals surface area contributed by atoms with Gasteiger partial charge in [0.25, 0.3) is 0 Å². The van der Waals surface area contributed by atoms with Crippen molar-refractivity contribution >= 4 is 5.91 Å². The van der Waals surface area contributed by atoms with E-state index in [0.717, 1.165) is 50.9 Å². The molecule has 2 unspecified atom stereocenters. The van der Waals surface area contributed by atoms with Crippen molar-refractivity contribution in [2.75, 3.05) is 26.2 Å². The fourth-order valence-corrected chi connectivity index (χ4v) is 4.81. The van der Waals surface area contributed by atoms with E-state index in [0.29, 0.717) is 23.8 Å². The maximum Gasteiger partial charge on any atom is 0.244 e. The topological polar surface area (TPSA) is 62.5 Å². The molecule has 0 radical (unpaired) electrons. The van der Waals surface area contributed by atoms with Crippen LogP contribution in [-0.2, 0) is 4.79 Å². The second-order valence-electron chi connectivity index (χ2n) is 8.64. The molecule has 0 saturated carbocycles. The lowest BCUT2D eigenvalue weighted by atomic mass is 9.96. The standard InChI is InChI=1S/C25H27FN4O2/c26-21-12-10-19(11-13-21)23-27-24(32-28-23)20-9-6-16-30(17-20)25(31)22(29-14-4-5-15-29)18-7-2-1-3-8-18/h1-3,7-8,10-13,20,22H,4-6,9,14-17H2. The summed E-state index contributed by atoms with van der Waals surface area (Å²) >= 11 is 0. The molecule has 32 heavy (non-hydrogen) atoms. The number of likely N-dealkylation sites (tertiary alicyclic amines) is 2. The van der Waals surface area contributed by atoms with Gasteiger partial charge in [0.2, 0.25) is 17.6 Å². The molecule has 2 aliphatic heterocycles. The molecule has 3 aromatic rings. The summed E-state index contributed by atoms with van der Waals surface area (Å²) in [6.07, 6.45) is 4.06. The highest BCUT2D eigenvalue weighted by atomic mass is 19.1. The predicted molar refractivity (Wildman–Crippen MR) is 118 cm³/mol. The first-order chi connectivity index (χ1) is 15.7. The zero-order chi connectivity index (χ0) is 21.9. The number of carbonyl (C=O) groups is 1. The van der Waals surface area contributed by atoms with Crippen molar-refractivity contribution in [3.63, 3.8) is 0 Å². The minimum atomic E-state index is -0.301. The lowest BCUT2D eigenvalue weighted by Gasteiger charge is -2.36. The van der Waals surface area contributed by atoms with E-state index in [1.807, 2.05) is 23.1 Å². The van der Waals surface area contributed by atoms with Gasteiger partial charge in [-0.2, -0.15) is 4.98 Å². The highest BCUT2D eigenvalue weighted by Crippen LogP contribution is 2.32. The number of benzene rings is 2. The molecule has 7 heteroatoms. The monoisotopic (exact) mass is 434 g/mol. The van der Waals surface area contributed by atoms with Crippen LogP contribution in [0.2, 0.25) is 0 Å². The van der Waals surface area contributed by atoms with Crippen LogP contribution in [0.25, 0.3) is 11.4 Å². The minimum absolute atomic E-state index is 0.00407. The number of nitrogens with zero attached hydrogens (tertiary/aromatic N) is 4. The number of hydrogen-bond donors (Lipinski definition) is 0. The number of hydrogen-bond acceptors (Lipinski definition) is 5. The van der Waals surface area contributed by atoms with Crippen molar-refractivity contribution in [1.29, 1.82) is 0 Å². The Morgan fingerprint density at radius 2 is 1.75 bits per heavy atom. The van der Waals surface area contributed by atoms with Gasteiger partial charge >= 0.3 is 0 Å². The molecular weight excluding hydrogens is 407 g/mol. The molecule has 0 bridgehead atoms. The fourth-order valence-electron chi connectivity index (χ4n) is 4.81. The molecule has 1 aromatic heterocycles. The van der Waals surface area contributed by atoms with Gasteiger partial charge in [-0.3, -0.25) is 9.69 Å². The Morgan fingerprint density at radius 1 is 1.00 bits per heavy atom. The van der Waals surface area contributed by atoms with E-state index in [4.69, 9.17) is 4.52 Å². The van der Waals surface area contributed by atoms with Crippen molar-refractivity contribution in [3.8, 4) is 11.4 Å². The second kappa shape index (κ2) is 9.20. The van der Waals surface area contributed by atoms with E-state index >= 15 is 0 Å². The average molecular weight is 435 g/mol. The first-order valence-electron chi connectivity index (χ1n) is 11.4. The van der Waals surface area contributed by atoms with Crippen LogP contribution in [0, 0.1) is 5.82 Å². The zero-order valence-corrected chi connectivity index (χ0v) is 18.0. The molecule has 2 atom stereocenters. The smallest absolute Gasteiger partial charge is 0.244 e. The van der Waals surface area contributed by atoms with E-state index in [1.54, 1.807) is 12.1 Å². The normalized spacial score (nSPS) is 20.4. The minimum Gasteiger partial charge on any atom is -0.340 e. The van der Waals surface area contributed by atoms with Gasteiger partial charge in [0.15, 0.2) is 0 Å². The summed E-state index contributed by atoms with van der Waals surface area (Å²) in [6, 6.07) is 15.9. The molecular formula is C25H27FN4O2. The van der Waals surface area contributed by atoms with Crippen LogP contribution >= 0.6 is 0 Å². The van der Waals surface area contributed by atoms with Crippen LogP contribution < -0.4 is 0 Å². The SMILES string of the molecule is O=C(C(c1ccccc1)N1CCCC1)N1CCCC(c2nc(-c3ccc(F)cc3)no2)C1. The number of piperidine rings is 1. The van der Waals surface area contributed by atoms with E-state index in [-0.39, 0.29) is 23.7 Å². The van der Waals surface area contributed by atoms with Crippen LogP contribution in [0.15, 0.2) is 59.1 Å². The first kappa shape index (κ1) is 20.8. The van der Waals surface area contributed by atoms with Crippen molar-refractivity contribution in [3.05, 3.63) is 71.9 Å². The summed E-state index contributed by atoms with van der Waals surface area (Å²) in [6.45, 7) is 3.22. The third-order valence-electron chi connectivity index (χ3n) is 6.48. The number of aromatic nitrogens is 2. The van der Waals surface area contributed by atoms with Crippen LogP contribution in [0.5, 0.6) is 0 Å². The maximum atomic E-state index is 13.7. The highest BCUT2D eigenvalue weighted by molar-refractivity contribution is 5.83. The second-order valence-corrected chi connectivity index (χ2v) is 8.64. The Labute approximate surface area is 187 Å². The number of halogens is 1. The quantitative estimate of drug-likeness (QED) is 0.595. The van der Waals surface area contributed by atoms with Crippen molar-refractivity contribution in [2.24, 2.45) is 0 Å². The van der Waals surface area contributed by atoms with Crippen LogP contribution in [0.4, 0.5) is 4.39 Å². The molecule has 166 valence electrons. The van der Waals surface area contributed by atoms with Gasteiger partial charge in [-0.15, -0.1) is 0 Å². The summed E-state index contributed by atoms with van der Waals surface area (Å²) < 4.78 is 18.8. The Hall–Kier alpha value is -3.06. The third kappa shape index (κ3) is 4.30. The van der Waals surface area contributed by atoms with Gasteiger partial charge in [-0.25, -0.2) is 4.39 Å². The summed E-state index contributed by atoms with van der Waals surface area (Å²) in [5.74, 6) is 0.845. The van der Waals surface area contributed by atoms with Gasteiger partial charge in [0.1, 0.15) is 11.9 Å². The maximum absolute atomic E-state index is 13.7. The fraction of sp³-hybridized carbons (Fsp3) is 0.400. The third-order valence-corrected chi connectivity index (χ3v) is 6.48. The number of rotatable bonds is 5. The van der Waals surface area contributed by atoms with Crippen LogP contribution in [0.1, 0.15) is 49.1 Å². The molecule has 3 heterocycles. The molecule has 6 nitrogen and oxygen atoms in total. The molecule has 0 N–H and O–H groups in total. The van der Waals surface area contributed by atoms with E-state index in [9.17, 15) is 9.18 Å². The van der Waals surface area contributed by atoms with Crippen LogP contribution in [-0.4, -0.2) is 52.0 Å². The van der Waals surface area contributed by atoms with Crippen LogP contribution in [0.3, 0.4) is 0 Å². The summed E-state index contributed by atoms with van der Waals surface area (Å²) in [5, 5.41) is 4.09. The molecule has 0 spiro atoms. The first-order valence-corrected chi connectivity index (χ1v) is 11.4. The van der Waals surface area contributed by atoms with Gasteiger partial charge in [0.05, 0.1) is 5.92 Å². The lowest BCUT2D eigenvalue weighted by molar-refractivity contribution is -0.138. The van der Waals surface area contributed by atoms with E-state index in [1.165, 1.54) is 12.1 Å². The predicted octanol–water partition coefficient (Wildman–Crippen LogP) is 4.42. The van der Waals surface area contributed by atoms with Crippen molar-refractivity contribution < 1.29 is 13.7 Å².